The third-order valence-corrected chi connectivity index (χ3v) is 6.36. The number of amides is 1. The molecule has 0 aliphatic heterocycles. The number of aromatic nitrogens is 2. The van der Waals surface area contributed by atoms with Crippen molar-refractivity contribution in [2.75, 3.05) is 0 Å². The van der Waals surface area contributed by atoms with Crippen LogP contribution in [-0.4, -0.2) is 15.5 Å². The first-order valence-corrected chi connectivity index (χ1v) is 10.2. The summed E-state index contributed by atoms with van der Waals surface area (Å²) in [6, 6.07) is 14.0. The highest BCUT2D eigenvalue weighted by atomic mass is 32.1. The zero-order valence-corrected chi connectivity index (χ0v) is 16.6. The number of benzene rings is 2. The van der Waals surface area contributed by atoms with Gasteiger partial charge in [0.05, 0.1) is 27.0 Å². The van der Waals surface area contributed by atoms with Crippen molar-refractivity contribution in [1.82, 2.24) is 9.55 Å². The molecule has 0 atom stereocenters. The molecule has 2 aromatic carbocycles. The molecule has 0 radical (unpaired) electrons. The van der Waals surface area contributed by atoms with Crippen molar-refractivity contribution in [1.29, 1.82) is 0 Å². The largest absolute Gasteiger partial charge is 0.308 e. The van der Waals surface area contributed by atoms with Crippen LogP contribution in [-0.2, 0) is 6.54 Å². The van der Waals surface area contributed by atoms with Crippen LogP contribution in [0.25, 0.3) is 20.4 Å². The fraction of sp³-hybridized carbons (Fsp3) is 0.190. The van der Waals surface area contributed by atoms with Gasteiger partial charge in [0.2, 0.25) is 0 Å². The molecule has 0 fully saturated rings. The summed E-state index contributed by atoms with van der Waals surface area (Å²) >= 11 is 2.84. The summed E-state index contributed by atoms with van der Waals surface area (Å²) in [5, 5.41) is 0.392. The van der Waals surface area contributed by atoms with E-state index in [9.17, 15) is 4.79 Å². The van der Waals surface area contributed by atoms with Gasteiger partial charge in [0.25, 0.3) is 0 Å². The normalized spacial score (nSPS) is 12.1. The SMILES string of the molecule is C#CCn1c(=NC(=O)c2nc3ccccc3s2)sc2cc(C(C)C)ccc21. The van der Waals surface area contributed by atoms with Crippen LogP contribution < -0.4 is 4.80 Å². The summed E-state index contributed by atoms with van der Waals surface area (Å²) in [4.78, 5) is 22.1. The first-order valence-electron chi connectivity index (χ1n) is 8.58. The molecule has 4 rings (SSSR count). The highest BCUT2D eigenvalue weighted by molar-refractivity contribution is 7.20. The van der Waals surface area contributed by atoms with Gasteiger partial charge in [0, 0.05) is 0 Å². The molecular formula is C21H17N3OS2. The topological polar surface area (TPSA) is 47.2 Å². The highest BCUT2D eigenvalue weighted by Crippen LogP contribution is 2.24. The van der Waals surface area contributed by atoms with E-state index in [-0.39, 0.29) is 5.91 Å². The molecule has 0 saturated carbocycles. The predicted molar refractivity (Wildman–Crippen MR) is 112 cm³/mol. The van der Waals surface area contributed by atoms with E-state index in [0.29, 0.717) is 22.3 Å². The lowest BCUT2D eigenvalue weighted by molar-refractivity contribution is 0.0997. The number of nitrogens with zero attached hydrogens (tertiary/aromatic N) is 3. The molecule has 0 aliphatic rings. The van der Waals surface area contributed by atoms with Crippen LogP contribution in [0.2, 0.25) is 0 Å². The smallest absolute Gasteiger partial charge is 0.305 e. The molecule has 1 amide bonds. The fourth-order valence-corrected chi connectivity index (χ4v) is 4.80. The zero-order valence-electron chi connectivity index (χ0n) is 15.0. The van der Waals surface area contributed by atoms with E-state index in [1.54, 1.807) is 0 Å². The number of hydrogen-bond acceptors (Lipinski definition) is 4. The minimum absolute atomic E-state index is 0.336. The second-order valence-electron chi connectivity index (χ2n) is 6.46. The minimum atomic E-state index is -0.336. The Morgan fingerprint density at radius 2 is 2.04 bits per heavy atom. The maximum absolute atomic E-state index is 12.7. The molecule has 134 valence electrons. The Labute approximate surface area is 164 Å². The Kier molecular flexibility index (Phi) is 4.65. The molecule has 0 saturated heterocycles. The van der Waals surface area contributed by atoms with E-state index < -0.39 is 0 Å². The molecule has 4 nitrogen and oxygen atoms in total. The van der Waals surface area contributed by atoms with Gasteiger partial charge in [-0.25, -0.2) is 4.98 Å². The van der Waals surface area contributed by atoms with E-state index in [1.165, 1.54) is 28.2 Å². The van der Waals surface area contributed by atoms with E-state index >= 15 is 0 Å². The summed E-state index contributed by atoms with van der Waals surface area (Å²) in [6.07, 6.45) is 5.55. The number of carbonyl (C=O) groups excluding carboxylic acids is 1. The van der Waals surface area contributed by atoms with Crippen LogP contribution in [0, 0.1) is 12.3 Å². The van der Waals surface area contributed by atoms with Gasteiger partial charge >= 0.3 is 5.91 Å². The van der Waals surface area contributed by atoms with Gasteiger partial charge in [-0.05, 0) is 35.7 Å². The number of carbonyl (C=O) groups is 1. The molecule has 6 heteroatoms. The van der Waals surface area contributed by atoms with Crippen molar-refractivity contribution in [2.45, 2.75) is 26.3 Å². The van der Waals surface area contributed by atoms with E-state index in [2.05, 4.69) is 47.9 Å². The van der Waals surface area contributed by atoms with Gasteiger partial charge in [-0.15, -0.1) is 17.8 Å². The van der Waals surface area contributed by atoms with Crippen molar-refractivity contribution >= 4 is 49.0 Å². The molecule has 2 heterocycles. The molecule has 0 N–H and O–H groups in total. The first kappa shape index (κ1) is 17.7. The average molecular weight is 392 g/mol. The van der Waals surface area contributed by atoms with E-state index in [1.807, 2.05) is 28.8 Å². The minimum Gasteiger partial charge on any atom is -0.305 e. The van der Waals surface area contributed by atoms with Crippen molar-refractivity contribution in [2.24, 2.45) is 4.99 Å². The number of terminal acetylenes is 1. The molecule has 0 aliphatic carbocycles. The lowest BCUT2D eigenvalue weighted by Gasteiger charge is -2.05. The second kappa shape index (κ2) is 7.10. The third kappa shape index (κ3) is 3.32. The Hall–Kier alpha value is -2.75. The predicted octanol–water partition coefficient (Wildman–Crippen LogP) is 4.81. The number of rotatable bonds is 3. The molecule has 27 heavy (non-hydrogen) atoms. The molecule has 2 aromatic heterocycles. The Morgan fingerprint density at radius 3 is 2.78 bits per heavy atom. The fourth-order valence-electron chi connectivity index (χ4n) is 2.88. The molecule has 0 unspecified atom stereocenters. The van der Waals surface area contributed by atoms with Gasteiger partial charge in [0.1, 0.15) is 0 Å². The summed E-state index contributed by atoms with van der Waals surface area (Å²) in [5.74, 6) is 2.76. The quantitative estimate of drug-likeness (QED) is 0.471. The lowest BCUT2D eigenvalue weighted by atomic mass is 10.0. The molecular weight excluding hydrogens is 374 g/mol. The summed E-state index contributed by atoms with van der Waals surface area (Å²) in [7, 11) is 0. The van der Waals surface area contributed by atoms with Crippen LogP contribution in [0.4, 0.5) is 0 Å². The second-order valence-corrected chi connectivity index (χ2v) is 8.50. The van der Waals surface area contributed by atoms with Crippen LogP contribution in [0.1, 0.15) is 35.1 Å². The van der Waals surface area contributed by atoms with Crippen LogP contribution in [0.3, 0.4) is 0 Å². The lowest BCUT2D eigenvalue weighted by Crippen LogP contribution is -2.16. The number of thiazole rings is 2. The third-order valence-electron chi connectivity index (χ3n) is 4.30. The average Bonchev–Trinajstić information content (AvgIpc) is 3.23. The van der Waals surface area contributed by atoms with Gasteiger partial charge in [0.15, 0.2) is 9.81 Å². The number of fused-ring (bicyclic) bond motifs is 2. The molecule has 0 spiro atoms. The van der Waals surface area contributed by atoms with Crippen molar-refractivity contribution < 1.29 is 4.79 Å². The van der Waals surface area contributed by atoms with Gasteiger partial charge in [-0.1, -0.05) is 49.3 Å². The summed E-state index contributed by atoms with van der Waals surface area (Å²) in [5.41, 5.74) is 3.06. The number of para-hydroxylation sites is 1. The Bertz CT molecular complexity index is 1240. The molecule has 4 aromatic rings. The van der Waals surface area contributed by atoms with Crippen molar-refractivity contribution in [3.63, 3.8) is 0 Å². The first-order chi connectivity index (χ1) is 13.1. The van der Waals surface area contributed by atoms with Gasteiger partial charge in [-0.2, -0.15) is 4.99 Å². The van der Waals surface area contributed by atoms with E-state index in [0.717, 1.165) is 20.4 Å². The maximum atomic E-state index is 12.7. The van der Waals surface area contributed by atoms with Gasteiger partial charge in [-0.3, -0.25) is 4.79 Å². The summed E-state index contributed by atoms with van der Waals surface area (Å²) < 4.78 is 3.97. The van der Waals surface area contributed by atoms with Crippen LogP contribution >= 0.6 is 22.7 Å². The van der Waals surface area contributed by atoms with Gasteiger partial charge < -0.3 is 4.57 Å². The Balaban J connectivity index is 1.84. The highest BCUT2D eigenvalue weighted by Gasteiger charge is 2.13. The zero-order chi connectivity index (χ0) is 19.0. The van der Waals surface area contributed by atoms with Crippen molar-refractivity contribution in [3.05, 3.63) is 57.8 Å². The van der Waals surface area contributed by atoms with Crippen LogP contribution in [0.15, 0.2) is 47.5 Å². The summed E-state index contributed by atoms with van der Waals surface area (Å²) in [6.45, 7) is 4.69. The van der Waals surface area contributed by atoms with Crippen molar-refractivity contribution in [3.8, 4) is 12.3 Å². The monoisotopic (exact) mass is 391 g/mol. The van der Waals surface area contributed by atoms with Crippen LogP contribution in [0.5, 0.6) is 0 Å². The Morgan fingerprint density at radius 1 is 1.22 bits per heavy atom. The number of hydrogen-bond donors (Lipinski definition) is 0. The maximum Gasteiger partial charge on any atom is 0.308 e. The standard InChI is InChI=1S/C21H17N3OS2/c1-4-11-24-16-10-9-14(13(2)3)12-18(16)27-21(24)23-19(25)20-22-15-7-5-6-8-17(15)26-20/h1,5-10,12-13H,11H2,2-3H3. The molecule has 0 bridgehead atoms. The van der Waals surface area contributed by atoms with E-state index in [4.69, 9.17) is 6.42 Å².